The van der Waals surface area contributed by atoms with Crippen LogP contribution in [-0.2, 0) is 14.8 Å². The Morgan fingerprint density at radius 3 is 2.39 bits per heavy atom. The SMILES string of the molecule is CCOC(=O)c1ccc(OCCNS(=O)(=O)c2ccc(C(=O)Nc3ccc(Cl)c(-c4ccccn4)c3)c(Cl)c2)cc1. The van der Waals surface area contributed by atoms with Gasteiger partial charge in [-0.3, -0.25) is 9.78 Å². The lowest BCUT2D eigenvalue weighted by Gasteiger charge is -2.12. The van der Waals surface area contributed by atoms with Crippen LogP contribution in [-0.4, -0.2) is 45.0 Å². The van der Waals surface area contributed by atoms with Crippen molar-refractivity contribution in [2.24, 2.45) is 0 Å². The summed E-state index contributed by atoms with van der Waals surface area (Å²) in [6.07, 6.45) is 1.64. The summed E-state index contributed by atoms with van der Waals surface area (Å²) >= 11 is 12.6. The van der Waals surface area contributed by atoms with E-state index in [0.717, 1.165) is 0 Å². The van der Waals surface area contributed by atoms with Crippen molar-refractivity contribution in [1.82, 2.24) is 9.71 Å². The Morgan fingerprint density at radius 2 is 1.71 bits per heavy atom. The molecule has 41 heavy (non-hydrogen) atoms. The first kappa shape index (κ1) is 30.0. The second-order valence-corrected chi connectivity index (χ2v) is 11.1. The molecule has 1 heterocycles. The zero-order valence-electron chi connectivity index (χ0n) is 21.8. The van der Waals surface area contributed by atoms with Crippen LogP contribution in [0.15, 0.2) is 90.0 Å². The number of aromatic nitrogens is 1. The minimum Gasteiger partial charge on any atom is -0.492 e. The Bertz CT molecular complexity index is 1650. The molecule has 0 aliphatic rings. The average Bonchev–Trinajstić information content (AvgIpc) is 2.97. The Balaban J connectivity index is 1.35. The van der Waals surface area contributed by atoms with E-state index in [1.54, 1.807) is 67.7 Å². The molecule has 9 nitrogen and oxygen atoms in total. The first-order valence-corrected chi connectivity index (χ1v) is 14.6. The molecule has 0 saturated carbocycles. The molecule has 12 heteroatoms. The maximum Gasteiger partial charge on any atom is 0.338 e. The van der Waals surface area contributed by atoms with E-state index < -0.39 is 21.9 Å². The highest BCUT2D eigenvalue weighted by atomic mass is 35.5. The average molecular weight is 615 g/mol. The predicted octanol–water partition coefficient (Wildman–Crippen LogP) is 5.84. The number of benzene rings is 3. The summed E-state index contributed by atoms with van der Waals surface area (Å²) in [5, 5.41) is 3.18. The van der Waals surface area contributed by atoms with Crippen LogP contribution in [0.1, 0.15) is 27.6 Å². The second kappa shape index (κ2) is 13.6. The van der Waals surface area contributed by atoms with Gasteiger partial charge in [-0.25, -0.2) is 17.9 Å². The molecule has 1 aromatic heterocycles. The van der Waals surface area contributed by atoms with E-state index in [1.165, 1.54) is 18.2 Å². The van der Waals surface area contributed by atoms with E-state index >= 15 is 0 Å². The number of amides is 1. The van der Waals surface area contributed by atoms with Gasteiger partial charge < -0.3 is 14.8 Å². The number of hydrogen-bond acceptors (Lipinski definition) is 7. The van der Waals surface area contributed by atoms with Crippen molar-refractivity contribution in [2.75, 3.05) is 25.1 Å². The summed E-state index contributed by atoms with van der Waals surface area (Å²) in [6.45, 7) is 2.00. The standard InChI is InChI=1S/C29H25Cl2N3O6S/c1-2-39-29(36)19-6-9-21(10-7-19)40-16-15-33-41(37,38)22-11-12-23(26(31)18-22)28(35)34-20-8-13-25(30)24(17-20)27-5-3-4-14-32-27/h3-14,17-18,33H,2,15-16H2,1H3,(H,34,35). The number of sulfonamides is 1. The number of hydrogen-bond donors (Lipinski definition) is 2. The lowest BCUT2D eigenvalue weighted by atomic mass is 10.1. The molecular weight excluding hydrogens is 589 g/mol. The number of anilines is 1. The minimum absolute atomic E-state index is 0.0308. The van der Waals surface area contributed by atoms with Gasteiger partial charge in [0.25, 0.3) is 5.91 Å². The largest absolute Gasteiger partial charge is 0.492 e. The lowest BCUT2D eigenvalue weighted by molar-refractivity contribution is 0.0526. The van der Waals surface area contributed by atoms with Crippen molar-refractivity contribution in [2.45, 2.75) is 11.8 Å². The molecule has 0 aliphatic heterocycles. The molecule has 0 spiro atoms. The molecule has 0 radical (unpaired) electrons. The van der Waals surface area contributed by atoms with Crippen molar-refractivity contribution in [3.8, 4) is 17.0 Å². The maximum absolute atomic E-state index is 12.9. The van der Waals surface area contributed by atoms with Gasteiger partial charge in [0.1, 0.15) is 12.4 Å². The number of halogens is 2. The number of esters is 1. The van der Waals surface area contributed by atoms with E-state index in [1.807, 2.05) is 6.07 Å². The van der Waals surface area contributed by atoms with Gasteiger partial charge in [0, 0.05) is 24.0 Å². The number of ether oxygens (including phenoxy) is 2. The van der Waals surface area contributed by atoms with Gasteiger partial charge in [-0.2, -0.15) is 0 Å². The number of nitrogens with zero attached hydrogens (tertiary/aromatic N) is 1. The Hall–Kier alpha value is -3.96. The molecular formula is C29H25Cl2N3O6S. The van der Waals surface area contributed by atoms with Crippen molar-refractivity contribution in [3.63, 3.8) is 0 Å². The normalized spacial score (nSPS) is 11.1. The highest BCUT2D eigenvalue weighted by Crippen LogP contribution is 2.30. The predicted molar refractivity (Wildman–Crippen MR) is 157 cm³/mol. The van der Waals surface area contributed by atoms with Crippen LogP contribution in [0.25, 0.3) is 11.3 Å². The van der Waals surface area contributed by atoms with Crippen LogP contribution >= 0.6 is 23.2 Å². The number of nitrogens with one attached hydrogen (secondary N) is 2. The summed E-state index contributed by atoms with van der Waals surface area (Å²) < 4.78 is 38.4. The third-order valence-corrected chi connectivity index (χ3v) is 7.79. The number of rotatable bonds is 11. The molecule has 0 atom stereocenters. The summed E-state index contributed by atoms with van der Waals surface area (Å²) in [6, 6.07) is 20.5. The summed E-state index contributed by atoms with van der Waals surface area (Å²) in [5.41, 5.74) is 2.23. The summed E-state index contributed by atoms with van der Waals surface area (Å²) in [4.78, 5) is 28.8. The minimum atomic E-state index is -3.93. The Kier molecular flexibility index (Phi) is 9.95. The molecule has 212 valence electrons. The molecule has 0 fully saturated rings. The highest BCUT2D eigenvalue weighted by molar-refractivity contribution is 7.89. The number of carbonyl (C=O) groups excluding carboxylic acids is 2. The lowest BCUT2D eigenvalue weighted by Crippen LogP contribution is -2.28. The number of pyridine rings is 1. The third-order valence-electron chi connectivity index (χ3n) is 5.69. The van der Waals surface area contributed by atoms with E-state index in [4.69, 9.17) is 32.7 Å². The zero-order valence-corrected chi connectivity index (χ0v) is 24.1. The molecule has 0 unspecified atom stereocenters. The van der Waals surface area contributed by atoms with Gasteiger partial charge in [-0.15, -0.1) is 0 Å². The fraction of sp³-hybridized carbons (Fsp3) is 0.138. The quantitative estimate of drug-likeness (QED) is 0.161. The van der Waals surface area contributed by atoms with Crippen molar-refractivity contribution >= 4 is 50.8 Å². The third kappa shape index (κ3) is 7.83. The Labute approximate surface area is 247 Å². The van der Waals surface area contributed by atoms with Crippen molar-refractivity contribution in [1.29, 1.82) is 0 Å². The molecule has 0 saturated heterocycles. The monoisotopic (exact) mass is 613 g/mol. The van der Waals surface area contributed by atoms with E-state index in [-0.39, 0.29) is 35.2 Å². The van der Waals surface area contributed by atoms with E-state index in [0.29, 0.717) is 33.3 Å². The molecule has 1 amide bonds. The first-order chi connectivity index (χ1) is 19.7. The van der Waals surface area contributed by atoms with Crippen LogP contribution in [0.2, 0.25) is 10.0 Å². The smallest absolute Gasteiger partial charge is 0.338 e. The second-order valence-electron chi connectivity index (χ2n) is 8.50. The first-order valence-electron chi connectivity index (χ1n) is 12.4. The van der Waals surface area contributed by atoms with E-state index in [9.17, 15) is 18.0 Å². The zero-order chi connectivity index (χ0) is 29.4. The molecule has 3 aromatic carbocycles. The maximum atomic E-state index is 12.9. The summed E-state index contributed by atoms with van der Waals surface area (Å²) in [5.74, 6) is -0.499. The molecule has 4 rings (SSSR count). The molecule has 2 N–H and O–H groups in total. The van der Waals surface area contributed by atoms with Gasteiger partial charge >= 0.3 is 5.97 Å². The molecule has 4 aromatic rings. The van der Waals surface area contributed by atoms with Gasteiger partial charge in [0.15, 0.2) is 0 Å². The van der Waals surface area contributed by atoms with Crippen molar-refractivity contribution in [3.05, 3.63) is 106 Å². The van der Waals surface area contributed by atoms with Crippen LogP contribution in [0.4, 0.5) is 5.69 Å². The summed E-state index contributed by atoms with van der Waals surface area (Å²) in [7, 11) is -3.93. The topological polar surface area (TPSA) is 124 Å². The van der Waals surface area contributed by atoms with Gasteiger partial charge in [0.05, 0.1) is 38.4 Å². The van der Waals surface area contributed by atoms with Gasteiger partial charge in [0.2, 0.25) is 10.0 Å². The Morgan fingerprint density at radius 1 is 0.927 bits per heavy atom. The van der Waals surface area contributed by atoms with Crippen molar-refractivity contribution < 1.29 is 27.5 Å². The van der Waals surface area contributed by atoms with Crippen LogP contribution < -0.4 is 14.8 Å². The fourth-order valence-electron chi connectivity index (χ4n) is 3.70. The fourth-order valence-corrected chi connectivity index (χ4v) is 5.28. The molecule has 0 aliphatic carbocycles. The van der Waals surface area contributed by atoms with E-state index in [2.05, 4.69) is 15.0 Å². The van der Waals surface area contributed by atoms with Gasteiger partial charge in [-0.05, 0) is 79.7 Å². The molecule has 0 bridgehead atoms. The number of carbonyl (C=O) groups is 2. The van der Waals surface area contributed by atoms with Gasteiger partial charge in [-0.1, -0.05) is 29.3 Å². The van der Waals surface area contributed by atoms with Crippen LogP contribution in [0.3, 0.4) is 0 Å². The van der Waals surface area contributed by atoms with Crippen LogP contribution in [0, 0.1) is 0 Å². The highest BCUT2D eigenvalue weighted by Gasteiger charge is 2.19. The van der Waals surface area contributed by atoms with Crippen LogP contribution in [0.5, 0.6) is 5.75 Å².